The van der Waals surface area contributed by atoms with Gasteiger partial charge in [0.2, 0.25) is 0 Å². The number of aryl methyl sites for hydroxylation is 1. The molecular weight excluding hydrogens is 428 g/mol. The lowest BCUT2D eigenvalue weighted by Crippen LogP contribution is -2.15. The molecule has 0 aromatic heterocycles. The van der Waals surface area contributed by atoms with Crippen LogP contribution in [0.15, 0.2) is 84.9 Å². The minimum absolute atomic E-state index is 0.0187. The number of nitrogens with two attached hydrogens (primary N) is 1. The van der Waals surface area contributed by atoms with Gasteiger partial charge in [0, 0.05) is 12.6 Å². The lowest BCUT2D eigenvalue weighted by atomic mass is 9.91. The fourth-order valence-corrected chi connectivity index (χ4v) is 5.61. The summed E-state index contributed by atoms with van der Waals surface area (Å²) >= 11 is 0. The van der Waals surface area contributed by atoms with Crippen molar-refractivity contribution in [3.8, 4) is 0 Å². The third-order valence-corrected chi connectivity index (χ3v) is 7.46. The highest BCUT2D eigenvalue weighted by Crippen LogP contribution is 2.38. The van der Waals surface area contributed by atoms with Crippen LogP contribution < -0.4 is 11.1 Å². The number of ether oxygens (including phenoxy) is 1. The van der Waals surface area contributed by atoms with E-state index in [4.69, 9.17) is 10.5 Å². The third kappa shape index (κ3) is 5.75. The maximum Gasteiger partial charge on any atom is 0.101 e. The maximum absolute atomic E-state index is 6.60. The van der Waals surface area contributed by atoms with E-state index < -0.39 is 0 Å². The van der Waals surface area contributed by atoms with Gasteiger partial charge in [0.25, 0.3) is 0 Å². The van der Waals surface area contributed by atoms with Gasteiger partial charge in [-0.2, -0.15) is 0 Å². The second-order valence-corrected chi connectivity index (χ2v) is 10.1. The van der Waals surface area contributed by atoms with Crippen LogP contribution in [-0.4, -0.2) is 13.1 Å². The first-order valence-electron chi connectivity index (χ1n) is 13.3. The van der Waals surface area contributed by atoms with Crippen LogP contribution in [0.25, 0.3) is 0 Å². The number of rotatable bonds is 8. The Bertz CT molecular complexity index is 1150. The fourth-order valence-electron chi connectivity index (χ4n) is 5.61. The van der Waals surface area contributed by atoms with Crippen molar-refractivity contribution < 1.29 is 4.74 Å². The van der Waals surface area contributed by atoms with E-state index in [0.29, 0.717) is 18.5 Å². The smallest absolute Gasteiger partial charge is 0.101 e. The van der Waals surface area contributed by atoms with Crippen molar-refractivity contribution in [1.29, 1.82) is 0 Å². The van der Waals surface area contributed by atoms with Gasteiger partial charge < -0.3 is 15.8 Å². The van der Waals surface area contributed by atoms with Crippen LogP contribution >= 0.6 is 0 Å². The molecule has 35 heavy (non-hydrogen) atoms. The normalized spacial score (nSPS) is 24.1. The summed E-state index contributed by atoms with van der Waals surface area (Å²) in [5.41, 5.74) is 13.8. The number of hydrogen-bond acceptors (Lipinski definition) is 3. The molecule has 3 nitrogen and oxygen atoms in total. The second kappa shape index (κ2) is 11.3. The summed E-state index contributed by atoms with van der Waals surface area (Å²) in [5.74, 6) is 0.566. The van der Waals surface area contributed by atoms with Gasteiger partial charge in [-0.1, -0.05) is 98.3 Å². The fraction of sp³-hybridized carbons (Fsp3) is 0.375. The Kier molecular flexibility index (Phi) is 7.78. The first kappa shape index (κ1) is 24.0. The van der Waals surface area contributed by atoms with Crippen LogP contribution in [-0.2, 0) is 17.6 Å². The van der Waals surface area contributed by atoms with Crippen LogP contribution in [0.3, 0.4) is 0 Å². The minimum Gasteiger partial charge on any atom is -0.361 e. The highest BCUT2D eigenvalue weighted by molar-refractivity contribution is 5.34. The molecule has 182 valence electrons. The quantitative estimate of drug-likeness (QED) is 0.362. The van der Waals surface area contributed by atoms with Crippen molar-refractivity contribution >= 4 is 0 Å². The summed E-state index contributed by atoms with van der Waals surface area (Å²) in [6.45, 7) is 3.95. The van der Waals surface area contributed by atoms with Gasteiger partial charge in [-0.25, -0.2) is 0 Å². The molecule has 2 aliphatic heterocycles. The molecule has 4 atom stereocenters. The highest BCUT2D eigenvalue weighted by atomic mass is 16.5. The molecule has 2 heterocycles. The van der Waals surface area contributed by atoms with Crippen LogP contribution in [0.4, 0.5) is 0 Å². The lowest BCUT2D eigenvalue weighted by molar-refractivity contribution is 0.00357. The standard InChI is InChI=1S/C32H38N2O/c1-2-7-23-8-3-10-25(18-23)29-21-30(34-22-29)26-11-5-13-28(20-26)32-15-6-14-31(35-32)27-12-4-9-24(19-27)16-17-33/h3-6,8-13,15,18-20,29-32,34H,2,7,14,16-17,21-22,33H2,1H3. The van der Waals surface area contributed by atoms with Gasteiger partial charge in [0.15, 0.2) is 0 Å². The summed E-state index contributed by atoms with van der Waals surface area (Å²) in [6, 6.07) is 27.3. The summed E-state index contributed by atoms with van der Waals surface area (Å²) in [7, 11) is 0. The van der Waals surface area contributed by atoms with Crippen LogP contribution in [0.2, 0.25) is 0 Å². The number of benzene rings is 3. The summed E-state index contributed by atoms with van der Waals surface area (Å²) < 4.78 is 6.60. The van der Waals surface area contributed by atoms with E-state index in [1.807, 2.05) is 0 Å². The van der Waals surface area contributed by atoms with E-state index in [9.17, 15) is 0 Å². The Morgan fingerprint density at radius 2 is 1.57 bits per heavy atom. The zero-order valence-corrected chi connectivity index (χ0v) is 20.8. The molecule has 5 rings (SSSR count). The van der Waals surface area contributed by atoms with Crippen molar-refractivity contribution in [1.82, 2.24) is 5.32 Å². The summed E-state index contributed by atoms with van der Waals surface area (Å²) in [6.07, 6.45) is 9.84. The van der Waals surface area contributed by atoms with E-state index in [1.165, 1.54) is 39.8 Å². The van der Waals surface area contributed by atoms with Gasteiger partial charge in [0.05, 0.1) is 6.10 Å². The largest absolute Gasteiger partial charge is 0.361 e. The molecular formula is C32H38N2O. The predicted molar refractivity (Wildman–Crippen MR) is 145 cm³/mol. The Morgan fingerprint density at radius 1 is 0.857 bits per heavy atom. The molecule has 3 aromatic rings. The molecule has 3 N–H and O–H groups in total. The molecule has 0 aliphatic carbocycles. The minimum atomic E-state index is -0.0187. The third-order valence-electron chi connectivity index (χ3n) is 7.46. The van der Waals surface area contributed by atoms with Crippen molar-refractivity contribution in [3.63, 3.8) is 0 Å². The molecule has 3 heteroatoms. The SMILES string of the molecule is CCCc1cccc(C2CNC(c3cccc(C4C=CCC(c5cccc(CCN)c5)O4)c3)C2)c1. The van der Waals surface area contributed by atoms with Crippen LogP contribution in [0, 0.1) is 0 Å². The molecule has 0 bridgehead atoms. The molecule has 0 spiro atoms. The predicted octanol–water partition coefficient (Wildman–Crippen LogP) is 6.72. The Balaban J connectivity index is 1.28. The van der Waals surface area contributed by atoms with E-state index >= 15 is 0 Å². The molecule has 0 saturated carbocycles. The molecule has 0 amide bonds. The van der Waals surface area contributed by atoms with Crippen LogP contribution in [0.1, 0.15) is 83.7 Å². The lowest BCUT2D eigenvalue weighted by Gasteiger charge is -2.27. The first-order valence-corrected chi connectivity index (χ1v) is 13.3. The average molecular weight is 467 g/mol. The number of hydrogen-bond donors (Lipinski definition) is 2. The molecule has 2 aliphatic rings. The number of nitrogens with one attached hydrogen (secondary N) is 1. The monoisotopic (exact) mass is 466 g/mol. The van der Waals surface area contributed by atoms with Crippen molar-refractivity contribution in [3.05, 3.63) is 118 Å². The second-order valence-electron chi connectivity index (χ2n) is 10.1. The zero-order chi connectivity index (χ0) is 24.0. The Morgan fingerprint density at radius 3 is 2.40 bits per heavy atom. The first-order chi connectivity index (χ1) is 17.2. The topological polar surface area (TPSA) is 47.3 Å². The van der Waals surface area contributed by atoms with Crippen molar-refractivity contribution in [2.75, 3.05) is 13.1 Å². The molecule has 0 radical (unpaired) electrons. The van der Waals surface area contributed by atoms with Gasteiger partial charge in [-0.05, 0) is 71.5 Å². The van der Waals surface area contributed by atoms with Gasteiger partial charge in [-0.15, -0.1) is 0 Å². The zero-order valence-electron chi connectivity index (χ0n) is 20.8. The van der Waals surface area contributed by atoms with Gasteiger partial charge in [0.1, 0.15) is 6.10 Å². The highest BCUT2D eigenvalue weighted by Gasteiger charge is 2.28. The van der Waals surface area contributed by atoms with Gasteiger partial charge in [-0.3, -0.25) is 0 Å². The molecule has 1 fully saturated rings. The van der Waals surface area contributed by atoms with Crippen molar-refractivity contribution in [2.45, 2.75) is 63.2 Å². The molecule has 3 aromatic carbocycles. The maximum atomic E-state index is 6.60. The van der Waals surface area contributed by atoms with E-state index in [-0.39, 0.29) is 12.2 Å². The van der Waals surface area contributed by atoms with Gasteiger partial charge >= 0.3 is 0 Å². The molecule has 4 unspecified atom stereocenters. The van der Waals surface area contributed by atoms with Crippen molar-refractivity contribution in [2.24, 2.45) is 5.73 Å². The Labute approximate surface area is 210 Å². The average Bonchev–Trinajstić information content (AvgIpc) is 3.40. The van der Waals surface area contributed by atoms with Crippen LogP contribution in [0.5, 0.6) is 0 Å². The summed E-state index contributed by atoms with van der Waals surface area (Å²) in [5, 5.41) is 3.79. The van der Waals surface area contributed by atoms with E-state index in [0.717, 1.165) is 32.2 Å². The van der Waals surface area contributed by atoms with E-state index in [1.54, 1.807) is 0 Å². The summed E-state index contributed by atoms with van der Waals surface area (Å²) in [4.78, 5) is 0. The Hall–Kier alpha value is -2.72. The molecule has 1 saturated heterocycles. The van der Waals surface area contributed by atoms with E-state index in [2.05, 4.69) is 97.2 Å².